The van der Waals surface area contributed by atoms with Crippen LogP contribution in [0.25, 0.3) is 22.5 Å². The Morgan fingerprint density at radius 2 is 1.41 bits per heavy atom. The van der Waals surface area contributed by atoms with E-state index in [1.54, 1.807) is 0 Å². The van der Waals surface area contributed by atoms with E-state index >= 15 is 0 Å². The number of benzene rings is 1. The Morgan fingerprint density at radius 3 is 2.18 bits per heavy atom. The molecule has 0 fully saturated rings. The first kappa shape index (κ1) is 10.5. The SMILES string of the molecule is Brc1c2cccccc-2nc1-c1ccccc1. The molecule has 0 amide bonds. The standard InChI is InChI=1S/C15H10BrN/c16-14-12-9-5-2-6-10-13(12)17-15(14)11-7-3-1-4-8-11/h1-10H. The van der Waals surface area contributed by atoms with Gasteiger partial charge in [-0.25, -0.2) is 4.98 Å². The van der Waals surface area contributed by atoms with Crippen molar-refractivity contribution in [2.45, 2.75) is 0 Å². The molecule has 3 rings (SSSR count). The van der Waals surface area contributed by atoms with Crippen molar-refractivity contribution in [1.82, 2.24) is 4.98 Å². The van der Waals surface area contributed by atoms with Gasteiger partial charge in [0, 0.05) is 11.1 Å². The van der Waals surface area contributed by atoms with E-state index in [9.17, 15) is 0 Å². The van der Waals surface area contributed by atoms with Crippen molar-refractivity contribution in [2.75, 3.05) is 0 Å². The smallest absolute Gasteiger partial charge is 0.0858 e. The van der Waals surface area contributed by atoms with Crippen LogP contribution in [0.1, 0.15) is 0 Å². The summed E-state index contributed by atoms with van der Waals surface area (Å²) in [7, 11) is 0. The predicted octanol–water partition coefficient (Wildman–Crippen LogP) is 4.62. The van der Waals surface area contributed by atoms with Crippen molar-refractivity contribution in [3.05, 3.63) is 65.1 Å². The van der Waals surface area contributed by atoms with Crippen LogP contribution < -0.4 is 0 Å². The molecule has 2 heteroatoms. The van der Waals surface area contributed by atoms with Gasteiger partial charge in [0.15, 0.2) is 0 Å². The van der Waals surface area contributed by atoms with E-state index in [1.165, 1.54) is 0 Å². The summed E-state index contributed by atoms with van der Waals surface area (Å²) in [6.45, 7) is 0. The molecule has 0 saturated heterocycles. The monoisotopic (exact) mass is 283 g/mol. The lowest BCUT2D eigenvalue weighted by Crippen LogP contribution is -1.76. The third-order valence-corrected chi connectivity index (χ3v) is 3.54. The van der Waals surface area contributed by atoms with E-state index in [-0.39, 0.29) is 0 Å². The quantitative estimate of drug-likeness (QED) is 0.635. The van der Waals surface area contributed by atoms with Gasteiger partial charge in [-0.2, -0.15) is 0 Å². The molecule has 1 aliphatic carbocycles. The maximum Gasteiger partial charge on any atom is 0.0858 e. The summed E-state index contributed by atoms with van der Waals surface area (Å²) in [6.07, 6.45) is 0. The number of hydrogen-bond acceptors (Lipinski definition) is 1. The summed E-state index contributed by atoms with van der Waals surface area (Å²) in [4.78, 5) is 4.68. The van der Waals surface area contributed by atoms with Crippen LogP contribution in [-0.2, 0) is 0 Å². The highest BCUT2D eigenvalue weighted by molar-refractivity contribution is 9.10. The van der Waals surface area contributed by atoms with Crippen LogP contribution in [0.15, 0.2) is 65.1 Å². The molecule has 1 heterocycles. The summed E-state index contributed by atoms with van der Waals surface area (Å²) in [5, 5.41) is 0. The van der Waals surface area contributed by atoms with Gasteiger partial charge in [0.2, 0.25) is 0 Å². The van der Waals surface area contributed by atoms with Crippen molar-refractivity contribution in [2.24, 2.45) is 0 Å². The summed E-state index contributed by atoms with van der Waals surface area (Å²) >= 11 is 3.65. The van der Waals surface area contributed by atoms with Gasteiger partial charge in [-0.3, -0.25) is 0 Å². The van der Waals surface area contributed by atoms with Gasteiger partial charge < -0.3 is 0 Å². The van der Waals surface area contributed by atoms with Gasteiger partial charge in [0.05, 0.1) is 15.9 Å². The minimum atomic E-state index is 1.01. The van der Waals surface area contributed by atoms with Crippen LogP contribution >= 0.6 is 15.9 Å². The second kappa shape index (κ2) is 4.30. The number of fused-ring (bicyclic) bond motifs is 1. The molecule has 0 N–H and O–H groups in total. The molecule has 0 bridgehead atoms. The van der Waals surface area contributed by atoms with Crippen LogP contribution in [-0.4, -0.2) is 4.98 Å². The van der Waals surface area contributed by atoms with Gasteiger partial charge in [0.1, 0.15) is 0 Å². The molecule has 0 atom stereocenters. The van der Waals surface area contributed by atoms with E-state index in [2.05, 4.69) is 39.1 Å². The van der Waals surface area contributed by atoms with E-state index < -0.39 is 0 Å². The van der Waals surface area contributed by atoms with Gasteiger partial charge in [-0.15, -0.1) is 0 Å². The maximum atomic E-state index is 4.68. The first-order valence-corrected chi connectivity index (χ1v) is 6.25. The fourth-order valence-electron chi connectivity index (χ4n) is 1.91. The molecule has 0 spiro atoms. The fourth-order valence-corrected chi connectivity index (χ4v) is 2.56. The van der Waals surface area contributed by atoms with Crippen molar-refractivity contribution in [3.8, 4) is 22.5 Å². The summed E-state index contributed by atoms with van der Waals surface area (Å²) in [5.41, 5.74) is 4.31. The van der Waals surface area contributed by atoms with Crippen LogP contribution in [0, 0.1) is 0 Å². The van der Waals surface area contributed by atoms with Crippen molar-refractivity contribution in [1.29, 1.82) is 0 Å². The average molecular weight is 284 g/mol. The molecule has 82 valence electrons. The summed E-state index contributed by atoms with van der Waals surface area (Å²) < 4.78 is 1.06. The van der Waals surface area contributed by atoms with Crippen molar-refractivity contribution in [3.63, 3.8) is 0 Å². The fraction of sp³-hybridized carbons (Fsp3) is 0. The molecule has 1 nitrogen and oxygen atoms in total. The zero-order valence-corrected chi connectivity index (χ0v) is 10.7. The van der Waals surface area contributed by atoms with E-state index in [1.807, 2.05) is 42.5 Å². The second-order valence-electron chi connectivity index (χ2n) is 3.85. The van der Waals surface area contributed by atoms with E-state index in [0.29, 0.717) is 0 Å². The second-order valence-corrected chi connectivity index (χ2v) is 4.64. The van der Waals surface area contributed by atoms with Gasteiger partial charge >= 0.3 is 0 Å². The number of rotatable bonds is 1. The minimum absolute atomic E-state index is 1.01. The van der Waals surface area contributed by atoms with Gasteiger partial charge in [-0.05, 0) is 22.0 Å². The Bertz CT molecular complexity index is 619. The lowest BCUT2D eigenvalue weighted by molar-refractivity contribution is 1.40. The van der Waals surface area contributed by atoms with Gasteiger partial charge in [0.25, 0.3) is 0 Å². The van der Waals surface area contributed by atoms with Crippen LogP contribution in [0.3, 0.4) is 0 Å². The molecule has 1 aromatic rings. The number of halogens is 1. The Labute approximate surface area is 109 Å². The average Bonchev–Trinajstić information content (AvgIpc) is 2.56. The van der Waals surface area contributed by atoms with Crippen LogP contribution in [0.4, 0.5) is 0 Å². The largest absolute Gasteiger partial charge is 0.247 e. The molecule has 0 aromatic heterocycles. The molecule has 1 aliphatic heterocycles. The van der Waals surface area contributed by atoms with E-state index in [0.717, 1.165) is 27.0 Å². The lowest BCUT2D eigenvalue weighted by Gasteiger charge is -1.96. The Hall–Kier alpha value is -1.67. The van der Waals surface area contributed by atoms with Crippen molar-refractivity contribution < 1.29 is 0 Å². The Balaban J connectivity index is 2.26. The molecule has 17 heavy (non-hydrogen) atoms. The highest BCUT2D eigenvalue weighted by Crippen LogP contribution is 2.37. The Kier molecular flexibility index (Phi) is 2.65. The first-order chi connectivity index (χ1) is 8.36. The highest BCUT2D eigenvalue weighted by Gasteiger charge is 2.15. The first-order valence-electron chi connectivity index (χ1n) is 5.46. The predicted molar refractivity (Wildman–Crippen MR) is 74.0 cm³/mol. The number of aromatic nitrogens is 1. The summed E-state index contributed by atoms with van der Waals surface area (Å²) in [6, 6.07) is 20.4. The van der Waals surface area contributed by atoms with Crippen molar-refractivity contribution >= 4 is 15.9 Å². The molecular formula is C15H10BrN. The third-order valence-electron chi connectivity index (χ3n) is 2.74. The highest BCUT2D eigenvalue weighted by atomic mass is 79.9. The minimum Gasteiger partial charge on any atom is -0.247 e. The summed E-state index contributed by atoms with van der Waals surface area (Å²) in [5.74, 6) is 0. The molecule has 2 aliphatic rings. The van der Waals surface area contributed by atoms with Gasteiger partial charge in [-0.1, -0.05) is 54.6 Å². The number of nitrogens with zero attached hydrogens (tertiary/aromatic N) is 1. The zero-order chi connectivity index (χ0) is 11.7. The lowest BCUT2D eigenvalue weighted by atomic mass is 10.1. The third kappa shape index (κ3) is 1.85. The van der Waals surface area contributed by atoms with Crippen LogP contribution in [0.5, 0.6) is 0 Å². The molecular weight excluding hydrogens is 274 g/mol. The maximum absolute atomic E-state index is 4.68. The molecule has 1 aromatic carbocycles. The topological polar surface area (TPSA) is 12.9 Å². The number of hydrogen-bond donors (Lipinski definition) is 0. The Morgan fingerprint density at radius 1 is 0.765 bits per heavy atom. The zero-order valence-electron chi connectivity index (χ0n) is 9.10. The molecule has 0 unspecified atom stereocenters. The molecule has 0 saturated carbocycles. The van der Waals surface area contributed by atoms with E-state index in [4.69, 9.17) is 0 Å². The normalized spacial score (nSPS) is 10.6. The molecule has 0 radical (unpaired) electrons. The van der Waals surface area contributed by atoms with Crippen LogP contribution in [0.2, 0.25) is 0 Å².